The Balaban J connectivity index is 2.57. The van der Waals surface area contributed by atoms with Crippen LogP contribution in [0.25, 0.3) is 10.2 Å². The SMILES string of the molecule is CCNc1nc(N(CCO)C(C)C)c2cc(C)sc2n1. The molecule has 6 heteroatoms. The van der Waals surface area contributed by atoms with Crippen molar-refractivity contribution >= 4 is 33.3 Å². The molecule has 0 aromatic carbocycles. The molecule has 0 aliphatic heterocycles. The maximum Gasteiger partial charge on any atom is 0.226 e. The van der Waals surface area contributed by atoms with Gasteiger partial charge in [0.05, 0.1) is 12.0 Å². The van der Waals surface area contributed by atoms with Crippen LogP contribution in [0.2, 0.25) is 0 Å². The van der Waals surface area contributed by atoms with Crippen molar-refractivity contribution < 1.29 is 5.11 Å². The lowest BCUT2D eigenvalue weighted by molar-refractivity contribution is 0.299. The van der Waals surface area contributed by atoms with E-state index in [0.717, 1.165) is 22.6 Å². The minimum absolute atomic E-state index is 0.114. The van der Waals surface area contributed by atoms with Gasteiger partial charge in [-0.2, -0.15) is 4.98 Å². The standard InChI is InChI=1S/C14H22N4OS/c1-5-15-14-16-12(18(6-7-19)9(2)3)11-8-10(4)20-13(11)17-14/h8-9,19H,5-7H2,1-4H3,(H,15,16,17). The Morgan fingerprint density at radius 3 is 2.75 bits per heavy atom. The summed E-state index contributed by atoms with van der Waals surface area (Å²) >= 11 is 1.67. The Kier molecular flexibility index (Phi) is 4.77. The van der Waals surface area contributed by atoms with Crippen LogP contribution in [-0.2, 0) is 0 Å². The van der Waals surface area contributed by atoms with Gasteiger partial charge >= 0.3 is 0 Å². The molecule has 2 rings (SSSR count). The summed E-state index contributed by atoms with van der Waals surface area (Å²) in [6, 6.07) is 2.40. The number of aliphatic hydroxyl groups excluding tert-OH is 1. The molecule has 0 amide bonds. The summed E-state index contributed by atoms with van der Waals surface area (Å²) in [5, 5.41) is 13.5. The molecule has 0 unspecified atom stereocenters. The van der Waals surface area contributed by atoms with Gasteiger partial charge in [-0.3, -0.25) is 0 Å². The van der Waals surface area contributed by atoms with Crippen molar-refractivity contribution in [2.75, 3.05) is 29.9 Å². The number of nitrogens with zero attached hydrogens (tertiary/aromatic N) is 3. The fourth-order valence-electron chi connectivity index (χ4n) is 2.20. The Morgan fingerprint density at radius 1 is 1.40 bits per heavy atom. The van der Waals surface area contributed by atoms with Gasteiger partial charge in [0.1, 0.15) is 10.6 Å². The van der Waals surface area contributed by atoms with E-state index in [1.165, 1.54) is 4.88 Å². The number of anilines is 2. The maximum absolute atomic E-state index is 9.30. The van der Waals surface area contributed by atoms with E-state index >= 15 is 0 Å². The predicted octanol–water partition coefficient (Wildman–Crippen LogP) is 2.64. The first-order valence-corrected chi connectivity index (χ1v) is 7.78. The minimum atomic E-state index is 0.114. The molecule has 0 saturated heterocycles. The van der Waals surface area contributed by atoms with Crippen molar-refractivity contribution in [2.24, 2.45) is 0 Å². The van der Waals surface area contributed by atoms with Crippen LogP contribution in [0.4, 0.5) is 11.8 Å². The average Bonchev–Trinajstić information content (AvgIpc) is 2.75. The second-order valence-corrected chi connectivity index (χ2v) is 6.22. The molecule has 2 aromatic rings. The van der Waals surface area contributed by atoms with Crippen molar-refractivity contribution in [1.29, 1.82) is 0 Å². The lowest BCUT2D eigenvalue weighted by Crippen LogP contribution is -2.34. The fraction of sp³-hybridized carbons (Fsp3) is 0.571. The molecule has 0 aliphatic rings. The molecule has 0 fully saturated rings. The van der Waals surface area contributed by atoms with Crippen molar-refractivity contribution in [1.82, 2.24) is 9.97 Å². The zero-order valence-corrected chi connectivity index (χ0v) is 13.3. The monoisotopic (exact) mass is 294 g/mol. The second-order valence-electron chi connectivity index (χ2n) is 4.99. The highest BCUT2D eigenvalue weighted by atomic mass is 32.1. The Labute approximate surface area is 123 Å². The molecular formula is C14H22N4OS. The topological polar surface area (TPSA) is 61.3 Å². The lowest BCUT2D eigenvalue weighted by Gasteiger charge is -2.27. The molecular weight excluding hydrogens is 272 g/mol. The molecule has 0 atom stereocenters. The summed E-state index contributed by atoms with van der Waals surface area (Å²) in [6.45, 7) is 9.80. The van der Waals surface area contributed by atoms with Crippen molar-refractivity contribution in [3.8, 4) is 0 Å². The van der Waals surface area contributed by atoms with E-state index in [2.05, 4.69) is 47.0 Å². The van der Waals surface area contributed by atoms with Crippen LogP contribution in [-0.4, -0.2) is 40.8 Å². The minimum Gasteiger partial charge on any atom is -0.395 e. The van der Waals surface area contributed by atoms with E-state index in [-0.39, 0.29) is 12.6 Å². The number of aliphatic hydroxyl groups is 1. The number of rotatable bonds is 6. The first-order valence-electron chi connectivity index (χ1n) is 6.96. The third kappa shape index (κ3) is 3.02. The first kappa shape index (κ1) is 15.0. The largest absolute Gasteiger partial charge is 0.395 e. The molecule has 2 N–H and O–H groups in total. The number of nitrogens with one attached hydrogen (secondary N) is 1. The number of aryl methyl sites for hydroxylation is 1. The van der Waals surface area contributed by atoms with E-state index in [9.17, 15) is 5.11 Å². The van der Waals surface area contributed by atoms with Gasteiger partial charge in [0, 0.05) is 24.0 Å². The van der Waals surface area contributed by atoms with Gasteiger partial charge < -0.3 is 15.3 Å². The normalized spacial score (nSPS) is 11.3. The summed E-state index contributed by atoms with van der Waals surface area (Å²) < 4.78 is 0. The van der Waals surface area contributed by atoms with Gasteiger partial charge in [-0.15, -0.1) is 11.3 Å². The summed E-state index contributed by atoms with van der Waals surface area (Å²) in [5.74, 6) is 1.56. The quantitative estimate of drug-likeness (QED) is 0.857. The van der Waals surface area contributed by atoms with Crippen molar-refractivity contribution in [2.45, 2.75) is 33.7 Å². The highest BCUT2D eigenvalue weighted by Crippen LogP contribution is 2.32. The highest BCUT2D eigenvalue weighted by Gasteiger charge is 2.18. The van der Waals surface area contributed by atoms with Crippen LogP contribution in [0, 0.1) is 6.92 Å². The van der Waals surface area contributed by atoms with Gasteiger partial charge in [-0.1, -0.05) is 0 Å². The van der Waals surface area contributed by atoms with Gasteiger partial charge in [0.2, 0.25) is 5.95 Å². The van der Waals surface area contributed by atoms with Crippen LogP contribution < -0.4 is 10.2 Å². The smallest absolute Gasteiger partial charge is 0.226 e. The van der Waals surface area contributed by atoms with Crippen LogP contribution in [0.15, 0.2) is 6.07 Å². The van der Waals surface area contributed by atoms with Crippen LogP contribution >= 0.6 is 11.3 Å². The Bertz CT molecular complexity index is 582. The summed E-state index contributed by atoms with van der Waals surface area (Å²) in [5.41, 5.74) is 0. The van der Waals surface area contributed by atoms with E-state index in [4.69, 9.17) is 0 Å². The molecule has 0 spiro atoms. The zero-order chi connectivity index (χ0) is 14.7. The molecule has 110 valence electrons. The lowest BCUT2D eigenvalue weighted by atomic mass is 10.2. The van der Waals surface area contributed by atoms with Gasteiger partial charge in [-0.05, 0) is 33.8 Å². The Hall–Kier alpha value is -1.40. The molecule has 0 aliphatic carbocycles. The molecule has 0 saturated carbocycles. The second kappa shape index (κ2) is 6.37. The maximum atomic E-state index is 9.30. The van der Waals surface area contributed by atoms with Gasteiger partial charge in [0.25, 0.3) is 0 Å². The van der Waals surface area contributed by atoms with Crippen molar-refractivity contribution in [3.05, 3.63) is 10.9 Å². The molecule has 20 heavy (non-hydrogen) atoms. The van der Waals surface area contributed by atoms with E-state index in [1.54, 1.807) is 11.3 Å². The predicted molar refractivity (Wildman–Crippen MR) is 85.9 cm³/mol. The van der Waals surface area contributed by atoms with Crippen LogP contribution in [0.3, 0.4) is 0 Å². The van der Waals surface area contributed by atoms with Gasteiger partial charge in [0.15, 0.2) is 0 Å². The highest BCUT2D eigenvalue weighted by molar-refractivity contribution is 7.18. The third-order valence-corrected chi connectivity index (χ3v) is 4.01. The van der Waals surface area contributed by atoms with E-state index in [1.807, 2.05) is 6.92 Å². The fourth-order valence-corrected chi connectivity index (χ4v) is 3.07. The van der Waals surface area contributed by atoms with Crippen LogP contribution in [0.1, 0.15) is 25.6 Å². The van der Waals surface area contributed by atoms with Crippen LogP contribution in [0.5, 0.6) is 0 Å². The molecule has 0 radical (unpaired) electrons. The number of fused-ring (bicyclic) bond motifs is 1. The first-order chi connectivity index (χ1) is 9.56. The summed E-state index contributed by atoms with van der Waals surface area (Å²) in [6.07, 6.45) is 0. The zero-order valence-electron chi connectivity index (χ0n) is 12.5. The summed E-state index contributed by atoms with van der Waals surface area (Å²) in [7, 11) is 0. The molecule has 2 aromatic heterocycles. The summed E-state index contributed by atoms with van der Waals surface area (Å²) in [4.78, 5) is 13.5. The number of hydrogen-bond acceptors (Lipinski definition) is 6. The molecule has 5 nitrogen and oxygen atoms in total. The van der Waals surface area contributed by atoms with Crippen molar-refractivity contribution in [3.63, 3.8) is 0 Å². The van der Waals surface area contributed by atoms with Gasteiger partial charge in [-0.25, -0.2) is 4.98 Å². The molecule has 2 heterocycles. The average molecular weight is 294 g/mol. The third-order valence-electron chi connectivity index (χ3n) is 3.07. The number of hydrogen-bond donors (Lipinski definition) is 2. The number of aromatic nitrogens is 2. The molecule has 0 bridgehead atoms. The van der Waals surface area contributed by atoms with E-state index < -0.39 is 0 Å². The Morgan fingerprint density at radius 2 is 2.15 bits per heavy atom. The van der Waals surface area contributed by atoms with E-state index in [0.29, 0.717) is 12.5 Å². The number of thiophene rings is 1.